The number of allylic oxidation sites excluding steroid dienone is 2. The Morgan fingerprint density at radius 1 is 0.643 bits per heavy atom. The van der Waals surface area contributed by atoms with E-state index >= 15 is 0 Å². The van der Waals surface area contributed by atoms with Crippen LogP contribution in [0.3, 0.4) is 0 Å². The van der Waals surface area contributed by atoms with Crippen LogP contribution in [0.15, 0.2) is 60.7 Å². The van der Waals surface area contributed by atoms with Crippen molar-refractivity contribution in [3.8, 4) is 35.1 Å². The van der Waals surface area contributed by atoms with Gasteiger partial charge in [-0.15, -0.1) is 0 Å². The molecule has 8 heteroatoms. The summed E-state index contributed by atoms with van der Waals surface area (Å²) < 4.78 is 22.9. The monoisotopic (exact) mass is 692 g/mol. The summed E-state index contributed by atoms with van der Waals surface area (Å²) in [5.41, 5.74) is 3.82. The molecule has 3 aromatic carbocycles. The van der Waals surface area contributed by atoms with E-state index in [2.05, 4.69) is 44.0 Å². The molecule has 0 spiro atoms. The number of nitrogens with zero attached hydrogens (tertiary/aromatic N) is 2. The van der Waals surface area contributed by atoms with E-state index in [-0.39, 0.29) is 0 Å². The van der Waals surface area contributed by atoms with Crippen LogP contribution in [0.2, 0.25) is 0 Å². The molecule has 0 N–H and O–H groups in total. The zero-order valence-corrected chi connectivity index (χ0v) is 27.0. The highest BCUT2D eigenvalue weighted by Crippen LogP contribution is 2.34. The van der Waals surface area contributed by atoms with E-state index in [1.165, 1.54) is 0 Å². The van der Waals surface area contributed by atoms with Gasteiger partial charge in [0.15, 0.2) is 0 Å². The Morgan fingerprint density at radius 3 is 1.33 bits per heavy atom. The summed E-state index contributed by atoms with van der Waals surface area (Å²) >= 11 is 6.85. The fraction of sp³-hybridized carbons (Fsp3) is 0.294. The van der Waals surface area contributed by atoms with Crippen LogP contribution >= 0.6 is 31.9 Å². The lowest BCUT2D eigenvalue weighted by molar-refractivity contribution is 0.310. The maximum atomic E-state index is 9.94. The maximum absolute atomic E-state index is 9.94. The van der Waals surface area contributed by atoms with Gasteiger partial charge in [0.2, 0.25) is 0 Å². The molecule has 0 aliphatic carbocycles. The van der Waals surface area contributed by atoms with Crippen molar-refractivity contribution < 1.29 is 18.9 Å². The van der Waals surface area contributed by atoms with E-state index in [1.807, 2.05) is 60.7 Å². The number of hydrogen-bond acceptors (Lipinski definition) is 6. The van der Waals surface area contributed by atoms with E-state index < -0.39 is 0 Å². The molecule has 0 heterocycles. The zero-order chi connectivity index (χ0) is 30.2. The third kappa shape index (κ3) is 9.69. The highest BCUT2D eigenvalue weighted by molar-refractivity contribution is 9.09. The summed E-state index contributed by atoms with van der Waals surface area (Å²) in [6, 6.07) is 23.1. The van der Waals surface area contributed by atoms with Crippen LogP contribution in [-0.4, -0.2) is 38.1 Å². The minimum Gasteiger partial charge on any atom is -0.496 e. The fourth-order valence-electron chi connectivity index (χ4n) is 4.08. The molecule has 0 aromatic heterocycles. The SMILES string of the molecule is COc1cc(/C=C(\C#N)c2ccc(OCCCCBr)cc2)c(OC)cc1/C=C(\C#N)c1ccc(OCCCCBr)cc1. The highest BCUT2D eigenvalue weighted by atomic mass is 79.9. The summed E-state index contributed by atoms with van der Waals surface area (Å²) in [6.45, 7) is 1.30. The second-order valence-electron chi connectivity index (χ2n) is 9.21. The minimum atomic E-state index is 0.469. The molecule has 3 aromatic rings. The quantitative estimate of drug-likeness (QED) is 0.0645. The van der Waals surface area contributed by atoms with Gasteiger partial charge in [0.25, 0.3) is 0 Å². The van der Waals surface area contributed by atoms with E-state index in [4.69, 9.17) is 18.9 Å². The molecule has 0 atom stereocenters. The van der Waals surface area contributed by atoms with Crippen LogP contribution in [0.5, 0.6) is 23.0 Å². The van der Waals surface area contributed by atoms with Crippen molar-refractivity contribution in [1.82, 2.24) is 0 Å². The van der Waals surface area contributed by atoms with Crippen LogP contribution in [0.25, 0.3) is 23.3 Å². The molecule has 0 aliphatic rings. The Bertz CT molecular complexity index is 1330. The van der Waals surface area contributed by atoms with Gasteiger partial charge in [-0.3, -0.25) is 0 Å². The average molecular weight is 694 g/mol. The number of rotatable bonds is 16. The average Bonchev–Trinajstić information content (AvgIpc) is 3.03. The number of benzene rings is 3. The normalized spacial score (nSPS) is 11.4. The van der Waals surface area contributed by atoms with Gasteiger partial charge in [0.05, 0.1) is 50.7 Å². The molecule has 6 nitrogen and oxygen atoms in total. The van der Waals surface area contributed by atoms with E-state index in [9.17, 15) is 10.5 Å². The van der Waals surface area contributed by atoms with Crippen molar-refractivity contribution >= 4 is 55.2 Å². The van der Waals surface area contributed by atoms with E-state index in [1.54, 1.807) is 26.4 Å². The van der Waals surface area contributed by atoms with Crippen molar-refractivity contribution in [3.63, 3.8) is 0 Å². The van der Waals surface area contributed by atoms with Gasteiger partial charge in [-0.05, 0) is 110 Å². The lowest BCUT2D eigenvalue weighted by Crippen LogP contribution is -1.97. The van der Waals surface area contributed by atoms with Crippen LogP contribution in [-0.2, 0) is 0 Å². The van der Waals surface area contributed by atoms with Gasteiger partial charge in [-0.1, -0.05) is 31.9 Å². The predicted molar refractivity (Wildman–Crippen MR) is 176 cm³/mol. The minimum absolute atomic E-state index is 0.469. The van der Waals surface area contributed by atoms with Crippen molar-refractivity contribution in [1.29, 1.82) is 10.5 Å². The van der Waals surface area contributed by atoms with E-state index in [0.717, 1.165) is 59.0 Å². The molecular weight excluding hydrogens is 660 g/mol. The smallest absolute Gasteiger partial charge is 0.126 e. The molecule has 0 unspecified atom stereocenters. The predicted octanol–water partition coefficient (Wildman–Crippen LogP) is 8.94. The molecule has 0 saturated heterocycles. The molecule has 0 radical (unpaired) electrons. The van der Waals surface area contributed by atoms with Crippen molar-refractivity contribution in [2.24, 2.45) is 0 Å². The molecule has 0 bridgehead atoms. The van der Waals surface area contributed by atoms with Crippen molar-refractivity contribution in [2.45, 2.75) is 25.7 Å². The number of unbranched alkanes of at least 4 members (excludes halogenated alkanes) is 2. The summed E-state index contributed by atoms with van der Waals surface area (Å²) in [5.74, 6) is 2.63. The molecule has 218 valence electrons. The summed E-state index contributed by atoms with van der Waals surface area (Å²) in [7, 11) is 3.14. The Balaban J connectivity index is 1.86. The van der Waals surface area contributed by atoms with Gasteiger partial charge < -0.3 is 18.9 Å². The highest BCUT2D eigenvalue weighted by Gasteiger charge is 2.13. The second-order valence-corrected chi connectivity index (χ2v) is 10.8. The first-order valence-corrected chi connectivity index (χ1v) is 15.9. The lowest BCUT2D eigenvalue weighted by atomic mass is 9.99. The summed E-state index contributed by atoms with van der Waals surface area (Å²) in [4.78, 5) is 0. The molecule has 0 aliphatic heterocycles. The maximum Gasteiger partial charge on any atom is 0.126 e. The molecule has 3 rings (SSSR count). The van der Waals surface area contributed by atoms with Gasteiger partial charge in [0, 0.05) is 21.8 Å². The fourth-order valence-corrected chi connectivity index (χ4v) is 4.87. The first kappa shape index (κ1) is 32.8. The summed E-state index contributed by atoms with van der Waals surface area (Å²) in [6.07, 6.45) is 7.58. The van der Waals surface area contributed by atoms with Gasteiger partial charge in [-0.25, -0.2) is 0 Å². The Morgan fingerprint density at radius 2 is 1.02 bits per heavy atom. The molecule has 42 heavy (non-hydrogen) atoms. The van der Waals surface area contributed by atoms with Crippen LogP contribution < -0.4 is 18.9 Å². The van der Waals surface area contributed by atoms with Crippen LogP contribution in [0, 0.1) is 22.7 Å². The summed E-state index contributed by atoms with van der Waals surface area (Å²) in [5, 5.41) is 21.8. The molecule has 0 amide bonds. The largest absolute Gasteiger partial charge is 0.496 e. The number of alkyl halides is 2. The molecule has 0 fully saturated rings. The number of methoxy groups -OCH3 is 2. The Hall–Kier alpha value is -3.72. The van der Waals surface area contributed by atoms with Crippen molar-refractivity contribution in [3.05, 3.63) is 82.9 Å². The zero-order valence-electron chi connectivity index (χ0n) is 23.9. The van der Waals surface area contributed by atoms with Gasteiger partial charge >= 0.3 is 0 Å². The van der Waals surface area contributed by atoms with Gasteiger partial charge in [-0.2, -0.15) is 10.5 Å². The molecule has 0 saturated carbocycles. The van der Waals surface area contributed by atoms with E-state index in [0.29, 0.717) is 47.0 Å². The molecular formula is C34H34Br2N2O4. The number of halogens is 2. The third-order valence-corrected chi connectivity index (χ3v) is 7.47. The van der Waals surface area contributed by atoms with Crippen LogP contribution in [0.4, 0.5) is 0 Å². The topological polar surface area (TPSA) is 84.5 Å². The number of ether oxygens (including phenoxy) is 4. The third-order valence-electron chi connectivity index (χ3n) is 6.35. The lowest BCUT2D eigenvalue weighted by Gasteiger charge is -2.13. The number of nitriles is 2. The second kappa shape index (κ2) is 18.0. The Kier molecular flexibility index (Phi) is 14.0. The Labute approximate surface area is 265 Å². The van der Waals surface area contributed by atoms with Crippen molar-refractivity contribution in [2.75, 3.05) is 38.1 Å². The first-order chi connectivity index (χ1) is 20.6. The standard InChI is InChI=1S/C34H34Br2N2O4/c1-39-33-21-28(20-30(24-38)26-9-13-32(14-10-26)42-18-6-4-16-36)34(40-2)22-27(33)19-29(23-37)25-7-11-31(12-8-25)41-17-5-3-15-35/h7-14,19-22H,3-6,15-18H2,1-2H3/b29-19+,30-20+. The van der Waals surface area contributed by atoms with Gasteiger partial charge in [0.1, 0.15) is 23.0 Å². The van der Waals surface area contributed by atoms with Crippen LogP contribution in [0.1, 0.15) is 47.9 Å². The first-order valence-electron chi connectivity index (χ1n) is 13.6. The number of hydrogen-bond donors (Lipinski definition) is 0.